The predicted molar refractivity (Wildman–Crippen MR) is 77.0 cm³/mol. The lowest BCUT2D eigenvalue weighted by Gasteiger charge is -2.27. The molecular weight excluding hydrogens is 308 g/mol. The average Bonchev–Trinajstić information content (AvgIpc) is 2.39. The third-order valence-electron chi connectivity index (χ3n) is 3.39. The number of nitrogens with one attached hydrogen (secondary N) is 1. The van der Waals surface area contributed by atoms with Gasteiger partial charge < -0.3 is 10.1 Å². The summed E-state index contributed by atoms with van der Waals surface area (Å²) in [5.41, 5.74) is 0.462. The summed E-state index contributed by atoms with van der Waals surface area (Å²) in [4.78, 5) is 15.9. The van der Waals surface area contributed by atoms with E-state index in [0.717, 1.165) is 30.3 Å². The SMILES string of the molecule is C[C@@H]1C[C@@H](CCNC(=O)c2ccc(Br)cn2)CCO1. The van der Waals surface area contributed by atoms with Gasteiger partial charge in [0.05, 0.1) is 6.10 Å². The molecule has 1 aliphatic heterocycles. The highest BCUT2D eigenvalue weighted by Crippen LogP contribution is 2.22. The predicted octanol–water partition coefficient (Wildman–Crippen LogP) is 2.78. The van der Waals surface area contributed by atoms with Gasteiger partial charge in [-0.3, -0.25) is 4.79 Å². The highest BCUT2D eigenvalue weighted by molar-refractivity contribution is 9.10. The van der Waals surface area contributed by atoms with E-state index in [1.165, 1.54) is 0 Å². The molecule has 0 spiro atoms. The number of carbonyl (C=O) groups is 1. The van der Waals surface area contributed by atoms with Crippen LogP contribution < -0.4 is 5.32 Å². The second kappa shape index (κ2) is 7.01. The van der Waals surface area contributed by atoms with Crippen LogP contribution in [-0.2, 0) is 4.74 Å². The van der Waals surface area contributed by atoms with Gasteiger partial charge in [-0.05, 0) is 60.2 Å². The Bertz CT molecular complexity index is 422. The minimum absolute atomic E-state index is 0.104. The molecule has 5 heteroatoms. The van der Waals surface area contributed by atoms with Crippen molar-refractivity contribution in [2.24, 2.45) is 5.92 Å². The zero-order valence-electron chi connectivity index (χ0n) is 11.1. The molecule has 19 heavy (non-hydrogen) atoms. The van der Waals surface area contributed by atoms with Crippen molar-refractivity contribution in [2.75, 3.05) is 13.2 Å². The number of amides is 1. The zero-order valence-corrected chi connectivity index (χ0v) is 12.6. The van der Waals surface area contributed by atoms with Crippen molar-refractivity contribution < 1.29 is 9.53 Å². The number of hydrogen-bond donors (Lipinski definition) is 1. The normalized spacial score (nSPS) is 23.1. The number of hydrogen-bond acceptors (Lipinski definition) is 3. The summed E-state index contributed by atoms with van der Waals surface area (Å²) in [6, 6.07) is 3.54. The molecule has 1 fully saturated rings. The molecule has 104 valence electrons. The Morgan fingerprint density at radius 3 is 3.11 bits per heavy atom. The minimum Gasteiger partial charge on any atom is -0.378 e. The van der Waals surface area contributed by atoms with Crippen LogP contribution >= 0.6 is 15.9 Å². The summed E-state index contributed by atoms with van der Waals surface area (Å²) in [7, 11) is 0. The molecule has 2 atom stereocenters. The first kappa shape index (κ1) is 14.5. The van der Waals surface area contributed by atoms with Crippen molar-refractivity contribution in [3.63, 3.8) is 0 Å². The van der Waals surface area contributed by atoms with Crippen LogP contribution in [0.4, 0.5) is 0 Å². The van der Waals surface area contributed by atoms with Crippen LogP contribution in [0.3, 0.4) is 0 Å². The maximum absolute atomic E-state index is 11.8. The second-order valence-electron chi connectivity index (χ2n) is 4.98. The molecule has 2 heterocycles. The molecular formula is C14H19BrN2O2. The first-order valence-corrected chi connectivity index (χ1v) is 7.46. The summed E-state index contributed by atoms with van der Waals surface area (Å²) in [5.74, 6) is 0.550. The Balaban J connectivity index is 1.73. The molecule has 1 N–H and O–H groups in total. The van der Waals surface area contributed by atoms with E-state index in [0.29, 0.717) is 24.3 Å². The van der Waals surface area contributed by atoms with Crippen molar-refractivity contribution in [2.45, 2.75) is 32.3 Å². The number of rotatable bonds is 4. The Kier molecular flexibility index (Phi) is 5.34. The fraction of sp³-hybridized carbons (Fsp3) is 0.571. The molecule has 1 saturated heterocycles. The smallest absolute Gasteiger partial charge is 0.269 e. The van der Waals surface area contributed by atoms with Gasteiger partial charge in [0.25, 0.3) is 5.91 Å². The van der Waals surface area contributed by atoms with Gasteiger partial charge in [-0.15, -0.1) is 0 Å². The minimum atomic E-state index is -0.104. The van der Waals surface area contributed by atoms with Gasteiger partial charge in [0.2, 0.25) is 0 Å². The van der Waals surface area contributed by atoms with Crippen LogP contribution in [0.15, 0.2) is 22.8 Å². The van der Waals surface area contributed by atoms with Crippen LogP contribution in [0.5, 0.6) is 0 Å². The Morgan fingerprint density at radius 1 is 1.58 bits per heavy atom. The first-order valence-electron chi connectivity index (χ1n) is 6.66. The molecule has 0 radical (unpaired) electrons. The van der Waals surface area contributed by atoms with Gasteiger partial charge >= 0.3 is 0 Å². The van der Waals surface area contributed by atoms with E-state index in [-0.39, 0.29) is 5.91 Å². The van der Waals surface area contributed by atoms with Crippen LogP contribution in [0.2, 0.25) is 0 Å². The zero-order chi connectivity index (χ0) is 13.7. The quantitative estimate of drug-likeness (QED) is 0.925. The van der Waals surface area contributed by atoms with Gasteiger partial charge in [-0.2, -0.15) is 0 Å². The van der Waals surface area contributed by atoms with E-state index in [9.17, 15) is 4.79 Å². The fourth-order valence-corrected chi connectivity index (χ4v) is 2.58. The highest BCUT2D eigenvalue weighted by Gasteiger charge is 2.19. The number of nitrogens with zero attached hydrogens (tertiary/aromatic N) is 1. The van der Waals surface area contributed by atoms with Crippen molar-refractivity contribution >= 4 is 21.8 Å². The third kappa shape index (κ3) is 4.58. The Labute approximate surface area is 122 Å². The first-order chi connectivity index (χ1) is 9.15. The fourth-order valence-electron chi connectivity index (χ4n) is 2.34. The molecule has 0 aromatic carbocycles. The van der Waals surface area contributed by atoms with Gasteiger partial charge in [-0.25, -0.2) is 4.98 Å². The molecule has 0 saturated carbocycles. The standard InChI is InChI=1S/C14H19BrN2O2/c1-10-8-11(5-7-19-10)4-6-16-14(18)13-3-2-12(15)9-17-13/h2-3,9-11H,4-8H2,1H3,(H,16,18)/t10-,11+/m1/s1. The summed E-state index contributed by atoms with van der Waals surface area (Å²) in [6.07, 6.45) is 5.18. The van der Waals surface area contributed by atoms with Gasteiger partial charge in [-0.1, -0.05) is 0 Å². The summed E-state index contributed by atoms with van der Waals surface area (Å²) in [6.45, 7) is 3.65. The molecule has 0 unspecified atom stereocenters. The number of pyridine rings is 1. The van der Waals surface area contributed by atoms with E-state index in [1.807, 2.05) is 6.07 Å². The molecule has 0 aliphatic carbocycles. The number of aromatic nitrogens is 1. The van der Waals surface area contributed by atoms with E-state index in [1.54, 1.807) is 12.3 Å². The van der Waals surface area contributed by atoms with Gasteiger partial charge in [0.15, 0.2) is 0 Å². The lowest BCUT2D eigenvalue weighted by Crippen LogP contribution is -2.29. The Hall–Kier alpha value is -0.940. The molecule has 0 bridgehead atoms. The van der Waals surface area contributed by atoms with Crippen LogP contribution in [-0.4, -0.2) is 30.1 Å². The monoisotopic (exact) mass is 326 g/mol. The summed E-state index contributed by atoms with van der Waals surface area (Å²) < 4.78 is 6.39. The maximum Gasteiger partial charge on any atom is 0.269 e. The lowest BCUT2D eigenvalue weighted by atomic mass is 9.93. The van der Waals surface area contributed by atoms with Crippen molar-refractivity contribution in [3.05, 3.63) is 28.5 Å². The van der Waals surface area contributed by atoms with Gasteiger partial charge in [0.1, 0.15) is 5.69 Å². The Morgan fingerprint density at radius 2 is 2.42 bits per heavy atom. The molecule has 2 rings (SSSR count). The van der Waals surface area contributed by atoms with E-state index in [2.05, 4.69) is 33.2 Å². The molecule has 4 nitrogen and oxygen atoms in total. The van der Waals surface area contributed by atoms with Crippen LogP contribution in [0.25, 0.3) is 0 Å². The molecule has 1 aromatic rings. The second-order valence-corrected chi connectivity index (χ2v) is 5.89. The molecule has 1 amide bonds. The average molecular weight is 327 g/mol. The van der Waals surface area contributed by atoms with E-state index < -0.39 is 0 Å². The largest absolute Gasteiger partial charge is 0.378 e. The lowest BCUT2D eigenvalue weighted by molar-refractivity contribution is 0.00109. The maximum atomic E-state index is 11.8. The third-order valence-corrected chi connectivity index (χ3v) is 3.86. The van der Waals surface area contributed by atoms with Crippen LogP contribution in [0, 0.1) is 5.92 Å². The number of ether oxygens (including phenoxy) is 1. The highest BCUT2D eigenvalue weighted by atomic mass is 79.9. The van der Waals surface area contributed by atoms with Gasteiger partial charge in [0, 0.05) is 23.8 Å². The van der Waals surface area contributed by atoms with Crippen molar-refractivity contribution in [1.29, 1.82) is 0 Å². The number of carbonyl (C=O) groups excluding carboxylic acids is 1. The molecule has 1 aliphatic rings. The molecule has 1 aromatic heterocycles. The number of halogens is 1. The van der Waals surface area contributed by atoms with Crippen molar-refractivity contribution in [3.8, 4) is 0 Å². The summed E-state index contributed by atoms with van der Waals surface area (Å²) in [5, 5.41) is 2.92. The van der Waals surface area contributed by atoms with Crippen molar-refractivity contribution in [1.82, 2.24) is 10.3 Å². The summed E-state index contributed by atoms with van der Waals surface area (Å²) >= 11 is 3.30. The van der Waals surface area contributed by atoms with E-state index >= 15 is 0 Å². The van der Waals surface area contributed by atoms with Crippen LogP contribution in [0.1, 0.15) is 36.7 Å². The topological polar surface area (TPSA) is 51.2 Å². The van der Waals surface area contributed by atoms with E-state index in [4.69, 9.17) is 4.74 Å².